The highest BCUT2D eigenvalue weighted by Crippen LogP contribution is 2.55. The lowest BCUT2D eigenvalue weighted by Crippen LogP contribution is -2.15. The lowest BCUT2D eigenvalue weighted by Gasteiger charge is -2.20. The molecule has 0 aromatic heterocycles. The molecule has 15 heavy (non-hydrogen) atoms. The monoisotopic (exact) mass is 255 g/mol. The number of aliphatic imine (C=N–C) groups is 1. The highest BCUT2D eigenvalue weighted by Gasteiger charge is 2.40. The van der Waals surface area contributed by atoms with E-state index in [0.29, 0.717) is 6.54 Å². The Kier molecular flexibility index (Phi) is 5.26. The Hall–Kier alpha value is 0.100. The highest BCUT2D eigenvalue weighted by molar-refractivity contribution is 8.14. The predicted octanol–water partition coefficient (Wildman–Crippen LogP) is 2.69. The summed E-state index contributed by atoms with van der Waals surface area (Å²) in [4.78, 5) is 3.94. The van der Waals surface area contributed by atoms with Gasteiger partial charge >= 0.3 is 7.60 Å². The molecule has 0 spiro atoms. The number of hydrogen-bond acceptors (Lipinski definition) is 5. The fourth-order valence-corrected chi connectivity index (χ4v) is 3.89. The third-order valence-corrected chi connectivity index (χ3v) is 4.94. The normalized spacial score (nSPS) is 19.0. The van der Waals surface area contributed by atoms with Crippen molar-refractivity contribution in [1.29, 1.82) is 0 Å². The van der Waals surface area contributed by atoms with Crippen molar-refractivity contribution in [1.82, 2.24) is 0 Å². The van der Waals surface area contributed by atoms with Gasteiger partial charge in [-0.2, -0.15) is 0 Å². The van der Waals surface area contributed by atoms with Crippen molar-refractivity contribution in [2.75, 3.05) is 25.5 Å². The number of thioether (sulfide) groups is 1. The van der Waals surface area contributed by atoms with Gasteiger partial charge in [0.1, 0.15) is 5.04 Å². The van der Waals surface area contributed by atoms with Gasteiger partial charge in [0.25, 0.3) is 0 Å². The molecule has 0 fully saturated rings. The Morgan fingerprint density at radius 2 is 2.13 bits per heavy atom. The summed E-state index contributed by atoms with van der Waals surface area (Å²) in [5.41, 5.74) is 0. The lowest BCUT2D eigenvalue weighted by atomic mass is 10.7. The van der Waals surface area contributed by atoms with Gasteiger partial charge in [-0.1, -0.05) is 0 Å². The van der Waals surface area contributed by atoms with Crippen LogP contribution in [0.3, 0.4) is 0 Å². The van der Waals surface area contributed by atoms with Crippen LogP contribution >= 0.6 is 19.4 Å². The highest BCUT2D eigenvalue weighted by atomic mass is 32.2. The van der Waals surface area contributed by atoms with Gasteiger partial charge in [0.05, 0.1) is 13.2 Å². The molecule has 0 bridgehead atoms. The van der Waals surface area contributed by atoms with Gasteiger partial charge in [-0.05, 0) is 13.8 Å². The Labute approximate surface area is 93.2 Å². The topological polar surface area (TPSA) is 47.9 Å². The molecule has 1 aliphatic heterocycles. The summed E-state index contributed by atoms with van der Waals surface area (Å²) >= 11 is 1.27. The first-order valence-corrected chi connectivity index (χ1v) is 7.43. The number of nitrogens with zero attached hydrogens (tertiary/aromatic N) is 1. The lowest BCUT2D eigenvalue weighted by molar-refractivity contribution is 0.202. The minimum atomic E-state index is -3.68. The van der Waals surface area contributed by atoms with Crippen LogP contribution in [-0.2, 0) is 13.6 Å². The van der Waals surface area contributed by atoms with Gasteiger partial charge < -0.3 is 9.05 Å². The molecular formula is C8H15FNO3PS. The molecular weight excluding hydrogens is 240 g/mol. The van der Waals surface area contributed by atoms with Crippen LogP contribution in [0.2, 0.25) is 0 Å². The van der Waals surface area contributed by atoms with Crippen molar-refractivity contribution in [3.63, 3.8) is 0 Å². The van der Waals surface area contributed by atoms with Crippen molar-refractivity contribution in [2.24, 2.45) is 4.99 Å². The van der Waals surface area contributed by atoms with Gasteiger partial charge in [-0.15, -0.1) is 11.8 Å². The van der Waals surface area contributed by atoms with E-state index in [9.17, 15) is 8.96 Å². The largest absolute Gasteiger partial charge is 0.371 e. The van der Waals surface area contributed by atoms with E-state index in [4.69, 9.17) is 9.05 Å². The molecule has 1 heterocycles. The smallest absolute Gasteiger partial charge is 0.307 e. The molecule has 0 aliphatic carbocycles. The fraction of sp³-hybridized carbons (Fsp3) is 0.875. The summed E-state index contributed by atoms with van der Waals surface area (Å²) in [7, 11) is -3.68. The minimum Gasteiger partial charge on any atom is -0.307 e. The Bertz CT molecular complexity index is 277. The van der Waals surface area contributed by atoms with E-state index in [1.165, 1.54) is 11.8 Å². The van der Waals surface area contributed by atoms with Crippen molar-refractivity contribution in [2.45, 2.75) is 19.8 Å². The number of alkyl halides is 1. The van der Waals surface area contributed by atoms with Crippen LogP contribution in [0.1, 0.15) is 13.8 Å². The zero-order valence-corrected chi connectivity index (χ0v) is 10.5. The summed E-state index contributed by atoms with van der Waals surface area (Å²) in [5.74, 6) is -1.00. The maximum absolute atomic E-state index is 13.9. The van der Waals surface area contributed by atoms with E-state index >= 15 is 0 Å². The summed E-state index contributed by atoms with van der Waals surface area (Å²) in [5, 5.41) is 0.236. The van der Waals surface area contributed by atoms with E-state index in [1.807, 2.05) is 0 Å². The summed E-state index contributed by atoms with van der Waals surface area (Å²) in [6, 6.07) is 0. The first-order valence-electron chi connectivity index (χ1n) is 4.84. The fourth-order valence-electron chi connectivity index (χ4n) is 1.16. The van der Waals surface area contributed by atoms with Crippen LogP contribution < -0.4 is 0 Å². The van der Waals surface area contributed by atoms with E-state index in [0.717, 1.165) is 5.75 Å². The Morgan fingerprint density at radius 1 is 1.53 bits per heavy atom. The minimum absolute atomic E-state index is 0.162. The van der Waals surface area contributed by atoms with Crippen molar-refractivity contribution < 1.29 is 18.0 Å². The second kappa shape index (κ2) is 5.99. The second-order valence-corrected chi connectivity index (χ2v) is 5.94. The number of rotatable bonds is 6. The summed E-state index contributed by atoms with van der Waals surface area (Å²) in [6.45, 7) is 4.20. The van der Waals surface area contributed by atoms with Crippen molar-refractivity contribution in [3.8, 4) is 0 Å². The van der Waals surface area contributed by atoms with Crippen molar-refractivity contribution in [3.05, 3.63) is 0 Å². The molecule has 4 nitrogen and oxygen atoms in total. The number of hydrogen-bond donors (Lipinski definition) is 0. The third kappa shape index (κ3) is 3.28. The molecule has 0 saturated heterocycles. The van der Waals surface area contributed by atoms with Gasteiger partial charge in [0.15, 0.2) is 0 Å². The van der Waals surface area contributed by atoms with Crippen LogP contribution in [0.25, 0.3) is 0 Å². The summed E-state index contributed by atoms with van der Waals surface area (Å²) in [6.07, 6.45) is 0. The van der Waals surface area contributed by atoms with Gasteiger partial charge in [-0.3, -0.25) is 9.56 Å². The molecule has 1 aliphatic rings. The average molecular weight is 255 g/mol. The molecule has 0 aromatic rings. The molecule has 88 valence electrons. The molecule has 0 saturated carbocycles. The van der Waals surface area contributed by atoms with E-state index in [2.05, 4.69) is 4.99 Å². The van der Waals surface area contributed by atoms with Gasteiger partial charge in [0.2, 0.25) is 5.91 Å². The molecule has 7 heteroatoms. The maximum atomic E-state index is 13.9. The molecule has 0 N–H and O–H groups in total. The van der Waals surface area contributed by atoms with E-state index in [1.54, 1.807) is 13.8 Å². The van der Waals surface area contributed by atoms with Crippen LogP contribution in [0, 0.1) is 0 Å². The van der Waals surface area contributed by atoms with Gasteiger partial charge in [0, 0.05) is 12.3 Å². The molecule has 1 unspecified atom stereocenters. The van der Waals surface area contributed by atoms with Crippen LogP contribution in [0.15, 0.2) is 4.99 Å². The van der Waals surface area contributed by atoms with E-state index < -0.39 is 13.5 Å². The first-order chi connectivity index (χ1) is 7.14. The molecule has 1 atom stereocenters. The zero-order valence-electron chi connectivity index (χ0n) is 8.81. The molecule has 0 aromatic carbocycles. The Balaban J connectivity index is 2.74. The van der Waals surface area contributed by atoms with E-state index in [-0.39, 0.29) is 18.3 Å². The standard InChI is InChI=1S/C8H15FNO3PS/c1-3-12-14(11,13-4-2)7(9)8-10-5-6-15-8/h7H,3-6H2,1-2H3. The molecule has 1 rings (SSSR count). The van der Waals surface area contributed by atoms with Crippen molar-refractivity contribution >= 4 is 24.4 Å². The average Bonchev–Trinajstić information content (AvgIpc) is 2.70. The van der Waals surface area contributed by atoms with Crippen LogP contribution in [0.4, 0.5) is 4.39 Å². The third-order valence-electron chi connectivity index (χ3n) is 1.71. The molecule has 0 radical (unpaired) electrons. The Morgan fingerprint density at radius 3 is 2.53 bits per heavy atom. The van der Waals surface area contributed by atoms with Crippen LogP contribution in [0.5, 0.6) is 0 Å². The van der Waals surface area contributed by atoms with Gasteiger partial charge in [-0.25, -0.2) is 4.39 Å². The molecule has 0 amide bonds. The zero-order chi connectivity index (χ0) is 11.3. The second-order valence-electron chi connectivity index (χ2n) is 2.78. The first kappa shape index (κ1) is 13.2. The summed E-state index contributed by atoms with van der Waals surface area (Å²) < 4.78 is 35.7. The predicted molar refractivity (Wildman–Crippen MR) is 60.5 cm³/mol. The number of halogens is 1. The van der Waals surface area contributed by atoms with Crippen LogP contribution in [-0.4, -0.2) is 36.5 Å². The quantitative estimate of drug-likeness (QED) is 0.685. The SMILES string of the molecule is CCOP(=O)(OCC)C(F)C1=NCCS1. The maximum Gasteiger partial charge on any atom is 0.371 e.